The standard InChI is InChI=1S/C28H42N4O5S/c1-21-19-23(29-3)20-22(2)24(21)13-18-38(36,37)32-16-14-28(15-17-32)27(35)30-25(31-28)11-9-7-5-4-6-8-10-12-26(33)34/h13,18-20,29H,4-12,14-17H2,1-3H3,(H,33,34)(H,30,31,35)/b18-13+. The molecule has 0 radical (unpaired) electrons. The summed E-state index contributed by atoms with van der Waals surface area (Å²) in [4.78, 5) is 28.1. The number of aliphatic imine (C=N–C) groups is 1. The number of aliphatic carboxylic acids is 1. The van der Waals surface area contributed by atoms with Gasteiger partial charge in [-0.05, 0) is 74.4 Å². The molecule has 3 rings (SSSR count). The molecular weight excluding hydrogens is 504 g/mol. The largest absolute Gasteiger partial charge is 0.481 e. The smallest absolute Gasteiger partial charge is 0.303 e. The number of hydrogen-bond acceptors (Lipinski definition) is 6. The lowest BCUT2D eigenvalue weighted by molar-refractivity contribution is -0.137. The minimum absolute atomic E-state index is 0.116. The van der Waals surface area contributed by atoms with Gasteiger partial charge in [0.15, 0.2) is 0 Å². The van der Waals surface area contributed by atoms with E-state index in [0.29, 0.717) is 25.1 Å². The summed E-state index contributed by atoms with van der Waals surface area (Å²) in [5.74, 6) is -0.138. The van der Waals surface area contributed by atoms with Gasteiger partial charge in [-0.3, -0.25) is 14.6 Å². The molecule has 0 atom stereocenters. The predicted molar refractivity (Wildman–Crippen MR) is 152 cm³/mol. The first-order valence-electron chi connectivity index (χ1n) is 13.7. The van der Waals surface area contributed by atoms with Gasteiger partial charge in [0.1, 0.15) is 11.4 Å². The van der Waals surface area contributed by atoms with Gasteiger partial charge in [-0.25, -0.2) is 8.42 Å². The summed E-state index contributed by atoms with van der Waals surface area (Å²) < 4.78 is 27.5. The van der Waals surface area contributed by atoms with Crippen molar-refractivity contribution < 1.29 is 23.1 Å². The number of rotatable bonds is 14. The van der Waals surface area contributed by atoms with Gasteiger partial charge in [-0.15, -0.1) is 0 Å². The second kappa shape index (κ2) is 13.4. The van der Waals surface area contributed by atoms with Crippen molar-refractivity contribution in [2.75, 3.05) is 25.5 Å². The topological polar surface area (TPSA) is 128 Å². The number of carboxylic acid groups (broad SMARTS) is 1. The maximum atomic E-state index is 13.0. The van der Waals surface area contributed by atoms with E-state index < -0.39 is 21.5 Å². The van der Waals surface area contributed by atoms with Crippen LogP contribution in [-0.2, 0) is 19.6 Å². The van der Waals surface area contributed by atoms with Gasteiger partial charge in [0.05, 0.1) is 0 Å². The Morgan fingerprint density at radius 3 is 2.24 bits per heavy atom. The van der Waals surface area contributed by atoms with Crippen LogP contribution in [0.5, 0.6) is 0 Å². The monoisotopic (exact) mass is 546 g/mol. The van der Waals surface area contributed by atoms with Crippen molar-refractivity contribution >= 4 is 39.5 Å². The van der Waals surface area contributed by atoms with E-state index in [1.54, 1.807) is 6.08 Å². The van der Waals surface area contributed by atoms with E-state index in [1.165, 1.54) is 9.71 Å². The lowest BCUT2D eigenvalue weighted by Crippen LogP contribution is -2.50. The Kier molecular flexibility index (Phi) is 10.5. The van der Waals surface area contributed by atoms with Crippen molar-refractivity contribution in [3.8, 4) is 0 Å². The van der Waals surface area contributed by atoms with Crippen LogP contribution in [0.15, 0.2) is 22.5 Å². The van der Waals surface area contributed by atoms with Crippen molar-refractivity contribution in [3.63, 3.8) is 0 Å². The van der Waals surface area contributed by atoms with E-state index in [0.717, 1.165) is 67.3 Å². The maximum Gasteiger partial charge on any atom is 0.303 e. The summed E-state index contributed by atoms with van der Waals surface area (Å²) in [5.41, 5.74) is 3.02. The third kappa shape index (κ3) is 7.89. The molecule has 2 heterocycles. The van der Waals surface area contributed by atoms with E-state index in [9.17, 15) is 18.0 Å². The lowest BCUT2D eigenvalue weighted by atomic mass is 9.89. The highest BCUT2D eigenvalue weighted by Crippen LogP contribution is 2.32. The summed E-state index contributed by atoms with van der Waals surface area (Å²) in [6.45, 7) is 4.44. The second-order valence-electron chi connectivity index (χ2n) is 10.4. The van der Waals surface area contributed by atoms with Crippen LogP contribution in [0.4, 0.5) is 5.69 Å². The molecule has 10 heteroatoms. The van der Waals surface area contributed by atoms with Gasteiger partial charge >= 0.3 is 5.97 Å². The molecule has 0 aromatic heterocycles. The minimum atomic E-state index is -3.61. The fourth-order valence-electron chi connectivity index (χ4n) is 5.23. The van der Waals surface area contributed by atoms with Crippen molar-refractivity contribution in [2.45, 2.75) is 90.0 Å². The molecule has 9 nitrogen and oxygen atoms in total. The van der Waals surface area contributed by atoms with Crippen LogP contribution in [0, 0.1) is 13.8 Å². The molecular formula is C28H42N4O5S. The van der Waals surface area contributed by atoms with E-state index >= 15 is 0 Å². The van der Waals surface area contributed by atoms with Crippen LogP contribution >= 0.6 is 0 Å². The minimum Gasteiger partial charge on any atom is -0.481 e. The average molecular weight is 547 g/mol. The summed E-state index contributed by atoms with van der Waals surface area (Å²) >= 11 is 0. The number of nitrogens with one attached hydrogen (secondary N) is 2. The molecule has 1 fully saturated rings. The van der Waals surface area contributed by atoms with E-state index in [4.69, 9.17) is 10.1 Å². The van der Waals surface area contributed by atoms with Gasteiger partial charge in [-0.1, -0.05) is 32.1 Å². The van der Waals surface area contributed by atoms with E-state index in [-0.39, 0.29) is 25.4 Å². The number of carbonyl (C=O) groups excluding carboxylic acids is 1. The summed E-state index contributed by atoms with van der Waals surface area (Å²) in [5, 5.41) is 16.0. The number of sulfonamides is 1. The molecule has 210 valence electrons. The number of hydrogen-bond donors (Lipinski definition) is 3. The van der Waals surface area contributed by atoms with Crippen LogP contribution in [0.3, 0.4) is 0 Å². The highest BCUT2D eigenvalue weighted by atomic mass is 32.2. The molecule has 2 aliphatic heterocycles. The number of carboxylic acids is 1. The average Bonchev–Trinajstić information content (AvgIpc) is 3.16. The Labute approximate surface area is 226 Å². The van der Waals surface area contributed by atoms with Crippen molar-refractivity contribution in [2.24, 2.45) is 4.99 Å². The molecule has 1 spiro atoms. The number of anilines is 1. The zero-order valence-corrected chi connectivity index (χ0v) is 23.7. The molecule has 38 heavy (non-hydrogen) atoms. The quantitative estimate of drug-likeness (QED) is 0.293. The van der Waals surface area contributed by atoms with Gasteiger partial charge in [0.25, 0.3) is 5.91 Å². The number of piperidine rings is 1. The Bertz CT molecular complexity index is 1140. The number of unbranched alkanes of at least 4 members (excludes halogenated alkanes) is 6. The van der Waals surface area contributed by atoms with Crippen molar-refractivity contribution in [1.29, 1.82) is 0 Å². The van der Waals surface area contributed by atoms with Crippen LogP contribution in [-0.4, -0.2) is 61.2 Å². The molecule has 0 bridgehead atoms. The highest BCUT2D eigenvalue weighted by molar-refractivity contribution is 7.92. The Hall–Kier alpha value is -2.72. The number of amides is 1. The molecule has 2 aliphatic rings. The number of nitrogens with zero attached hydrogens (tertiary/aromatic N) is 2. The normalized spacial score (nSPS) is 17.7. The van der Waals surface area contributed by atoms with E-state index in [2.05, 4.69) is 10.6 Å². The SMILES string of the molecule is CNc1cc(C)c(/C=C/S(=O)(=O)N2CCC3(CC2)N=C(CCCCCCCCCC(=O)O)NC3=O)c(C)c1. The Balaban J connectivity index is 1.47. The third-order valence-electron chi connectivity index (χ3n) is 7.53. The van der Waals surface area contributed by atoms with Crippen LogP contribution < -0.4 is 10.6 Å². The lowest BCUT2D eigenvalue weighted by Gasteiger charge is -2.34. The van der Waals surface area contributed by atoms with E-state index in [1.807, 2.05) is 33.0 Å². The Morgan fingerprint density at radius 2 is 1.66 bits per heavy atom. The number of benzene rings is 1. The molecule has 0 saturated carbocycles. The van der Waals surface area contributed by atoms with Gasteiger partial charge in [0.2, 0.25) is 10.0 Å². The second-order valence-corrected chi connectivity index (χ2v) is 12.3. The van der Waals surface area contributed by atoms with Crippen LogP contribution in [0.25, 0.3) is 6.08 Å². The molecule has 0 aliphatic carbocycles. The fourth-order valence-corrected chi connectivity index (χ4v) is 6.40. The fraction of sp³-hybridized carbons (Fsp3) is 0.607. The first-order valence-corrected chi connectivity index (χ1v) is 15.2. The van der Waals surface area contributed by atoms with Crippen LogP contribution in [0.1, 0.15) is 87.3 Å². The molecule has 0 unspecified atom stereocenters. The van der Waals surface area contributed by atoms with Gasteiger partial charge in [0, 0.05) is 44.1 Å². The Morgan fingerprint density at radius 1 is 1.08 bits per heavy atom. The molecule has 1 aromatic rings. The third-order valence-corrected chi connectivity index (χ3v) is 9.10. The zero-order valence-electron chi connectivity index (χ0n) is 22.9. The van der Waals surface area contributed by atoms with Crippen LogP contribution in [0.2, 0.25) is 0 Å². The van der Waals surface area contributed by atoms with Gasteiger partial charge < -0.3 is 15.7 Å². The summed E-state index contributed by atoms with van der Waals surface area (Å²) in [6, 6.07) is 3.98. The number of aryl methyl sites for hydroxylation is 2. The first-order chi connectivity index (χ1) is 18.1. The first kappa shape index (κ1) is 29.8. The maximum absolute atomic E-state index is 13.0. The molecule has 1 amide bonds. The van der Waals surface area contributed by atoms with Crippen molar-refractivity contribution in [3.05, 3.63) is 34.2 Å². The number of amidine groups is 1. The summed E-state index contributed by atoms with van der Waals surface area (Å²) in [7, 11) is -1.76. The summed E-state index contributed by atoms with van der Waals surface area (Å²) in [6.07, 6.45) is 10.2. The predicted octanol–water partition coefficient (Wildman–Crippen LogP) is 4.60. The number of carbonyl (C=O) groups is 2. The zero-order chi connectivity index (χ0) is 27.8. The van der Waals surface area contributed by atoms with Crippen molar-refractivity contribution in [1.82, 2.24) is 9.62 Å². The molecule has 1 saturated heterocycles. The van der Waals surface area contributed by atoms with Gasteiger partial charge in [-0.2, -0.15) is 4.31 Å². The highest BCUT2D eigenvalue weighted by Gasteiger charge is 2.46. The molecule has 1 aromatic carbocycles. The molecule has 3 N–H and O–H groups in total.